The van der Waals surface area contributed by atoms with Crippen molar-refractivity contribution in [2.24, 2.45) is 0 Å². The van der Waals surface area contributed by atoms with Crippen molar-refractivity contribution >= 4 is 11.9 Å². The molecule has 24 heavy (non-hydrogen) atoms. The number of aliphatic carboxylic acids is 2. The van der Waals surface area contributed by atoms with Crippen LogP contribution >= 0.6 is 0 Å². The lowest BCUT2D eigenvalue weighted by Gasteiger charge is -2.27. The van der Waals surface area contributed by atoms with Gasteiger partial charge in [-0.2, -0.15) is 0 Å². The van der Waals surface area contributed by atoms with E-state index in [-0.39, 0.29) is 0 Å². The normalized spacial score (nSPS) is 20.0. The summed E-state index contributed by atoms with van der Waals surface area (Å²) < 4.78 is 0. The number of hydrogen-bond donors (Lipinski definition) is 3. The van der Waals surface area contributed by atoms with Crippen molar-refractivity contribution in [3.63, 3.8) is 0 Å². The van der Waals surface area contributed by atoms with Crippen LogP contribution in [0.4, 0.5) is 0 Å². The van der Waals surface area contributed by atoms with Crippen LogP contribution < -0.4 is 5.32 Å². The van der Waals surface area contributed by atoms with E-state index in [4.69, 9.17) is 10.2 Å². The third-order valence-electron chi connectivity index (χ3n) is 3.92. The fourth-order valence-corrected chi connectivity index (χ4v) is 2.78. The summed E-state index contributed by atoms with van der Waals surface area (Å²) in [5, 5.41) is 19.3. The van der Waals surface area contributed by atoms with E-state index in [1.165, 1.54) is 24.8 Å². The number of carboxylic acids is 2. The van der Waals surface area contributed by atoms with Gasteiger partial charge < -0.3 is 20.4 Å². The van der Waals surface area contributed by atoms with Crippen molar-refractivity contribution in [1.82, 2.24) is 10.2 Å². The summed E-state index contributed by atoms with van der Waals surface area (Å²) in [6.45, 7) is 0.996. The van der Waals surface area contributed by atoms with E-state index in [0.29, 0.717) is 24.2 Å². The Hall–Kier alpha value is -2.18. The molecule has 0 saturated heterocycles. The Kier molecular flexibility index (Phi) is 8.75. The molecule has 3 N–H and O–H groups in total. The predicted molar refractivity (Wildman–Crippen MR) is 92.8 cm³/mol. The summed E-state index contributed by atoms with van der Waals surface area (Å²) in [4.78, 5) is 21.5. The highest BCUT2D eigenvalue weighted by Crippen LogP contribution is 2.22. The van der Waals surface area contributed by atoms with Crippen LogP contribution in [-0.4, -0.2) is 53.2 Å². The molecule has 0 bridgehead atoms. The second kappa shape index (κ2) is 10.6. The second-order valence-corrected chi connectivity index (χ2v) is 5.94. The fourth-order valence-electron chi connectivity index (χ4n) is 2.78. The minimum absolute atomic E-state index is 0.558. The third kappa shape index (κ3) is 7.89. The van der Waals surface area contributed by atoms with Crippen molar-refractivity contribution in [3.05, 3.63) is 48.0 Å². The van der Waals surface area contributed by atoms with E-state index in [1.807, 2.05) is 0 Å². The van der Waals surface area contributed by atoms with Gasteiger partial charge in [0.2, 0.25) is 0 Å². The first kappa shape index (κ1) is 19.9. The Morgan fingerprint density at radius 3 is 2.21 bits per heavy atom. The van der Waals surface area contributed by atoms with Gasteiger partial charge in [0.1, 0.15) is 0 Å². The van der Waals surface area contributed by atoms with Gasteiger partial charge in [0.05, 0.1) is 0 Å². The molecular weight excluding hydrogens is 308 g/mol. The molecule has 6 heteroatoms. The number of nitrogens with zero attached hydrogens (tertiary/aromatic N) is 1. The molecule has 0 unspecified atom stereocenters. The quantitative estimate of drug-likeness (QED) is 0.689. The Morgan fingerprint density at radius 1 is 1.12 bits per heavy atom. The maximum atomic E-state index is 9.55. The number of carboxylic acid groups (broad SMARTS) is 2. The third-order valence-corrected chi connectivity index (χ3v) is 3.92. The summed E-state index contributed by atoms with van der Waals surface area (Å²) in [6.07, 6.45) is 5.12. The molecule has 2 atom stereocenters. The largest absolute Gasteiger partial charge is 0.478 e. The van der Waals surface area contributed by atoms with Crippen LogP contribution in [0.5, 0.6) is 0 Å². The zero-order chi connectivity index (χ0) is 17.9. The first-order chi connectivity index (χ1) is 11.4. The van der Waals surface area contributed by atoms with Gasteiger partial charge in [-0.15, -0.1) is 0 Å². The standard InChI is InChI=1S/C14H22N2.C4H4O4/c1-16(2)14-10-6-9-13(14)15-11-12-7-4-3-5-8-12;5-3(6)1-2-4(7)8/h3-5,7-8,13-15H,6,9-11H2,1-2H3;1-2H,(H,5,6)(H,7,8)/t13-,14-;/m1./s1. The molecule has 132 valence electrons. The SMILES string of the molecule is CN(C)[C@@H]1CCC[C@H]1NCc1ccccc1.O=C(O)C=CC(=O)O. The first-order valence-corrected chi connectivity index (χ1v) is 7.98. The average molecular weight is 334 g/mol. The molecule has 1 saturated carbocycles. The summed E-state index contributed by atoms with van der Waals surface area (Å²) in [5.41, 5.74) is 1.38. The van der Waals surface area contributed by atoms with Crippen molar-refractivity contribution in [1.29, 1.82) is 0 Å². The van der Waals surface area contributed by atoms with Crippen LogP contribution in [0, 0.1) is 0 Å². The van der Waals surface area contributed by atoms with E-state index in [1.54, 1.807) is 0 Å². The number of rotatable bonds is 6. The summed E-state index contributed by atoms with van der Waals surface area (Å²) in [6, 6.07) is 12.0. The van der Waals surface area contributed by atoms with Crippen LogP contribution in [0.15, 0.2) is 42.5 Å². The summed E-state index contributed by atoms with van der Waals surface area (Å²) in [7, 11) is 4.38. The highest BCUT2D eigenvalue weighted by molar-refractivity contribution is 5.89. The van der Waals surface area contributed by atoms with Gasteiger partial charge in [-0.1, -0.05) is 36.8 Å². The minimum atomic E-state index is -1.26. The van der Waals surface area contributed by atoms with E-state index < -0.39 is 11.9 Å². The second-order valence-electron chi connectivity index (χ2n) is 5.94. The topological polar surface area (TPSA) is 89.9 Å². The molecule has 6 nitrogen and oxygen atoms in total. The zero-order valence-corrected chi connectivity index (χ0v) is 14.2. The lowest BCUT2D eigenvalue weighted by atomic mass is 10.1. The van der Waals surface area contributed by atoms with E-state index >= 15 is 0 Å². The minimum Gasteiger partial charge on any atom is -0.478 e. The molecule has 0 aliphatic heterocycles. The molecule has 0 radical (unpaired) electrons. The average Bonchev–Trinajstić information content (AvgIpc) is 3.01. The molecule has 2 rings (SSSR count). The number of nitrogens with one attached hydrogen (secondary N) is 1. The first-order valence-electron chi connectivity index (χ1n) is 7.98. The van der Waals surface area contributed by atoms with Gasteiger partial charge in [0, 0.05) is 30.8 Å². The van der Waals surface area contributed by atoms with Gasteiger partial charge in [-0.05, 0) is 32.5 Å². The van der Waals surface area contributed by atoms with Crippen molar-refractivity contribution in [3.8, 4) is 0 Å². The molecule has 0 amide bonds. The molecule has 0 spiro atoms. The number of benzene rings is 1. The zero-order valence-electron chi connectivity index (χ0n) is 14.2. The smallest absolute Gasteiger partial charge is 0.328 e. The van der Waals surface area contributed by atoms with Crippen molar-refractivity contribution in [2.75, 3.05) is 14.1 Å². The van der Waals surface area contributed by atoms with E-state index in [0.717, 1.165) is 6.54 Å². The predicted octanol–water partition coefficient (Wildman–Crippen LogP) is 1.97. The molecule has 1 aromatic rings. The highest BCUT2D eigenvalue weighted by atomic mass is 16.4. The molecule has 1 aliphatic carbocycles. The number of likely N-dealkylation sites (N-methyl/N-ethyl adjacent to an activating group) is 1. The lowest BCUT2D eigenvalue weighted by Crippen LogP contribution is -2.43. The molecule has 1 aliphatic rings. The number of hydrogen-bond acceptors (Lipinski definition) is 4. The molecular formula is C18H26N2O4. The molecule has 0 heterocycles. The van der Waals surface area contributed by atoms with E-state index in [9.17, 15) is 9.59 Å². The Bertz CT molecular complexity index is 527. The Labute approximate surface area is 142 Å². The number of carbonyl (C=O) groups is 2. The van der Waals surface area contributed by atoms with Crippen LogP contribution in [0.2, 0.25) is 0 Å². The maximum Gasteiger partial charge on any atom is 0.328 e. The Balaban J connectivity index is 0.000000307. The lowest BCUT2D eigenvalue weighted by molar-refractivity contribution is -0.134. The molecule has 1 fully saturated rings. The maximum absolute atomic E-state index is 9.55. The van der Waals surface area contributed by atoms with Crippen LogP contribution in [-0.2, 0) is 16.1 Å². The van der Waals surface area contributed by atoms with Gasteiger partial charge in [-0.3, -0.25) is 0 Å². The summed E-state index contributed by atoms with van der Waals surface area (Å²) in [5.74, 6) is -2.51. The van der Waals surface area contributed by atoms with E-state index in [2.05, 4.69) is 54.6 Å². The van der Waals surface area contributed by atoms with Crippen LogP contribution in [0.3, 0.4) is 0 Å². The molecule has 0 aromatic heterocycles. The van der Waals surface area contributed by atoms with Crippen molar-refractivity contribution in [2.45, 2.75) is 37.9 Å². The van der Waals surface area contributed by atoms with Gasteiger partial charge in [0.15, 0.2) is 0 Å². The molecule has 1 aromatic carbocycles. The van der Waals surface area contributed by atoms with Gasteiger partial charge in [-0.25, -0.2) is 9.59 Å². The summed E-state index contributed by atoms with van der Waals surface area (Å²) >= 11 is 0. The van der Waals surface area contributed by atoms with Gasteiger partial charge >= 0.3 is 11.9 Å². The van der Waals surface area contributed by atoms with Crippen LogP contribution in [0.1, 0.15) is 24.8 Å². The van der Waals surface area contributed by atoms with Crippen molar-refractivity contribution < 1.29 is 19.8 Å². The monoisotopic (exact) mass is 334 g/mol. The van der Waals surface area contributed by atoms with Crippen LogP contribution in [0.25, 0.3) is 0 Å². The Morgan fingerprint density at radius 2 is 1.71 bits per heavy atom. The highest BCUT2D eigenvalue weighted by Gasteiger charge is 2.27. The van der Waals surface area contributed by atoms with Gasteiger partial charge in [0.25, 0.3) is 0 Å². The fraction of sp³-hybridized carbons (Fsp3) is 0.444.